The van der Waals surface area contributed by atoms with Crippen molar-refractivity contribution in [2.24, 2.45) is 0 Å². The van der Waals surface area contributed by atoms with E-state index in [9.17, 15) is 0 Å². The number of rotatable bonds is 5. The zero-order chi connectivity index (χ0) is 18.9. The largest absolute Gasteiger partial charge is 0.486 e. The lowest BCUT2D eigenvalue weighted by atomic mass is 10.1. The molecule has 1 aliphatic heterocycles. The van der Waals surface area contributed by atoms with Crippen LogP contribution in [0.25, 0.3) is 0 Å². The van der Waals surface area contributed by atoms with Gasteiger partial charge in [-0.25, -0.2) is 0 Å². The number of fused-ring (bicyclic) bond motifs is 1. The lowest BCUT2D eigenvalue weighted by molar-refractivity contribution is 0.131. The van der Waals surface area contributed by atoms with Gasteiger partial charge in [-0.15, -0.1) is 11.8 Å². The normalized spacial score (nSPS) is 18.1. The van der Waals surface area contributed by atoms with Gasteiger partial charge in [0.15, 0.2) is 8.32 Å². The maximum absolute atomic E-state index is 9.16. The van der Waals surface area contributed by atoms with Gasteiger partial charge in [0.1, 0.15) is 17.4 Å². The second-order valence-electron chi connectivity index (χ2n) is 8.65. The molecule has 0 saturated heterocycles. The van der Waals surface area contributed by atoms with Crippen LogP contribution in [0.3, 0.4) is 0 Å². The van der Waals surface area contributed by atoms with Crippen LogP contribution in [0.1, 0.15) is 34.6 Å². The maximum Gasteiger partial charge on any atom is 0.192 e. The van der Waals surface area contributed by atoms with Crippen LogP contribution in [0.2, 0.25) is 18.1 Å². The van der Waals surface area contributed by atoms with Gasteiger partial charge in [0.05, 0.1) is 17.6 Å². The van der Waals surface area contributed by atoms with E-state index in [-0.39, 0.29) is 11.1 Å². The molecule has 0 spiro atoms. The number of thioether (sulfide) groups is 1. The minimum Gasteiger partial charge on any atom is -0.486 e. The Morgan fingerprint density at radius 2 is 2.00 bits per heavy atom. The van der Waals surface area contributed by atoms with Crippen LogP contribution in [0.4, 0.5) is 5.69 Å². The summed E-state index contributed by atoms with van der Waals surface area (Å²) < 4.78 is 12.4. The number of nitriles is 1. The highest BCUT2D eigenvalue weighted by Crippen LogP contribution is 2.40. The minimum atomic E-state index is -1.75. The highest BCUT2D eigenvalue weighted by atomic mass is 32.2. The Morgan fingerprint density at radius 1 is 1.32 bits per heavy atom. The fraction of sp³-hybridized carbons (Fsp3) is 0.632. The summed E-state index contributed by atoms with van der Waals surface area (Å²) in [5, 5.41) is 12.6. The minimum absolute atomic E-state index is 0.0842. The van der Waals surface area contributed by atoms with Crippen LogP contribution < -0.4 is 10.1 Å². The predicted octanol–water partition coefficient (Wildman–Crippen LogP) is 5.28. The first kappa shape index (κ1) is 20.2. The highest BCUT2D eigenvalue weighted by molar-refractivity contribution is 7.99. The number of ether oxygens (including phenoxy) is 1. The number of nitrogens with zero attached hydrogens (tertiary/aromatic N) is 1. The van der Waals surface area contributed by atoms with Crippen molar-refractivity contribution in [2.75, 3.05) is 17.7 Å². The molecule has 0 fully saturated rings. The van der Waals surface area contributed by atoms with Gasteiger partial charge in [0.2, 0.25) is 0 Å². The molecule has 0 radical (unpaired) electrons. The Balaban J connectivity index is 2.00. The quantitative estimate of drug-likeness (QED) is 0.707. The molecular weight excluding hydrogens is 348 g/mol. The SMILES string of the molecule is CC(C)(C#N)Nc1ccc2c(c1)SCC(CO[Si](C)(C)C(C)(C)C)O2. The molecule has 0 bridgehead atoms. The third-order valence-electron chi connectivity index (χ3n) is 4.83. The first-order valence-corrected chi connectivity index (χ1v) is 12.6. The lowest BCUT2D eigenvalue weighted by Crippen LogP contribution is -2.44. The van der Waals surface area contributed by atoms with Gasteiger partial charge >= 0.3 is 0 Å². The fourth-order valence-corrected chi connectivity index (χ4v) is 4.22. The summed E-state index contributed by atoms with van der Waals surface area (Å²) in [5.41, 5.74) is 0.353. The van der Waals surface area contributed by atoms with Crippen molar-refractivity contribution in [3.8, 4) is 11.8 Å². The molecule has 1 heterocycles. The van der Waals surface area contributed by atoms with Crippen LogP contribution in [0, 0.1) is 11.3 Å². The van der Waals surface area contributed by atoms with E-state index < -0.39 is 13.9 Å². The van der Waals surface area contributed by atoms with Crippen LogP contribution in [-0.4, -0.2) is 32.3 Å². The lowest BCUT2D eigenvalue weighted by Gasteiger charge is -2.37. The number of benzene rings is 1. The second kappa shape index (κ2) is 7.22. The van der Waals surface area contributed by atoms with Crippen molar-refractivity contribution in [1.82, 2.24) is 0 Å². The summed E-state index contributed by atoms with van der Waals surface area (Å²) in [6, 6.07) is 8.27. The average molecular weight is 379 g/mol. The Morgan fingerprint density at radius 3 is 2.60 bits per heavy atom. The van der Waals surface area contributed by atoms with Gasteiger partial charge in [-0.3, -0.25) is 0 Å². The van der Waals surface area contributed by atoms with E-state index in [4.69, 9.17) is 14.4 Å². The van der Waals surface area contributed by atoms with E-state index in [0.29, 0.717) is 6.61 Å². The molecule has 0 saturated carbocycles. The van der Waals surface area contributed by atoms with Gasteiger partial charge in [-0.05, 0) is 50.2 Å². The monoisotopic (exact) mass is 378 g/mol. The Kier molecular flexibility index (Phi) is 5.82. The van der Waals surface area contributed by atoms with Gasteiger partial charge in [0, 0.05) is 11.4 Å². The Labute approximate surface area is 157 Å². The molecule has 4 nitrogen and oxygen atoms in total. The smallest absolute Gasteiger partial charge is 0.192 e. The summed E-state index contributed by atoms with van der Waals surface area (Å²) in [6.07, 6.45) is 0.0842. The number of anilines is 1. The third kappa shape index (κ3) is 5.16. The first-order chi connectivity index (χ1) is 11.4. The van der Waals surface area contributed by atoms with E-state index in [1.165, 1.54) is 0 Å². The van der Waals surface area contributed by atoms with E-state index >= 15 is 0 Å². The first-order valence-electron chi connectivity index (χ1n) is 8.70. The van der Waals surface area contributed by atoms with Crippen LogP contribution in [-0.2, 0) is 4.43 Å². The van der Waals surface area contributed by atoms with Crippen molar-refractivity contribution in [3.63, 3.8) is 0 Å². The topological polar surface area (TPSA) is 54.3 Å². The molecule has 2 rings (SSSR count). The molecule has 0 aliphatic carbocycles. The predicted molar refractivity (Wildman–Crippen MR) is 108 cm³/mol. The summed E-state index contributed by atoms with van der Waals surface area (Å²) in [5.74, 6) is 1.78. The molecule has 25 heavy (non-hydrogen) atoms. The molecule has 0 amide bonds. The van der Waals surface area contributed by atoms with E-state index in [1.54, 1.807) is 11.8 Å². The molecule has 138 valence electrons. The molecule has 1 aromatic rings. The van der Waals surface area contributed by atoms with Crippen molar-refractivity contribution >= 4 is 25.8 Å². The molecule has 0 aromatic heterocycles. The summed E-state index contributed by atoms with van der Waals surface area (Å²) in [7, 11) is -1.75. The fourth-order valence-electron chi connectivity index (χ4n) is 2.18. The molecule has 1 N–H and O–H groups in total. The molecule has 6 heteroatoms. The summed E-state index contributed by atoms with van der Waals surface area (Å²) in [6.45, 7) is 15.7. The van der Waals surface area contributed by atoms with E-state index in [0.717, 1.165) is 22.1 Å². The second-order valence-corrected chi connectivity index (χ2v) is 14.5. The molecule has 1 aliphatic rings. The van der Waals surface area contributed by atoms with Gasteiger partial charge < -0.3 is 14.5 Å². The van der Waals surface area contributed by atoms with Crippen molar-refractivity contribution < 1.29 is 9.16 Å². The molecule has 1 atom stereocenters. The van der Waals surface area contributed by atoms with Crippen molar-refractivity contribution in [1.29, 1.82) is 5.26 Å². The Bertz CT molecular complexity index is 662. The van der Waals surface area contributed by atoms with Gasteiger partial charge in [-0.2, -0.15) is 5.26 Å². The number of nitrogens with one attached hydrogen (secondary N) is 1. The van der Waals surface area contributed by atoms with Crippen LogP contribution in [0.5, 0.6) is 5.75 Å². The Hall–Kier alpha value is -1.16. The van der Waals surface area contributed by atoms with Gasteiger partial charge in [-0.1, -0.05) is 20.8 Å². The molecule has 1 unspecified atom stereocenters. The highest BCUT2D eigenvalue weighted by Gasteiger charge is 2.38. The van der Waals surface area contributed by atoms with Crippen molar-refractivity contribution in [2.45, 2.75) is 69.3 Å². The standard InChI is InChI=1S/C19H30N2O2SSi/c1-18(2,3)25(6,7)22-11-15-12-24-17-10-14(8-9-16(17)23-15)21-19(4,5)13-20/h8-10,15,21H,11-12H2,1-7H3. The van der Waals surface area contributed by atoms with Crippen LogP contribution in [0.15, 0.2) is 23.1 Å². The van der Waals surface area contributed by atoms with Gasteiger partial charge in [0.25, 0.3) is 0 Å². The molecular formula is C19H30N2O2SSi. The van der Waals surface area contributed by atoms with Crippen molar-refractivity contribution in [3.05, 3.63) is 18.2 Å². The zero-order valence-electron chi connectivity index (χ0n) is 16.4. The summed E-state index contributed by atoms with van der Waals surface area (Å²) in [4.78, 5) is 1.11. The van der Waals surface area contributed by atoms with E-state index in [2.05, 4.69) is 51.3 Å². The molecule has 1 aromatic carbocycles. The number of hydrogen-bond acceptors (Lipinski definition) is 5. The number of hydrogen-bond donors (Lipinski definition) is 1. The van der Waals surface area contributed by atoms with Crippen LogP contribution >= 0.6 is 11.8 Å². The average Bonchev–Trinajstić information content (AvgIpc) is 2.51. The third-order valence-corrected chi connectivity index (χ3v) is 10.5. The maximum atomic E-state index is 9.16. The summed E-state index contributed by atoms with van der Waals surface area (Å²) >= 11 is 1.79. The zero-order valence-corrected chi connectivity index (χ0v) is 18.2. The van der Waals surface area contributed by atoms with E-state index in [1.807, 2.05) is 26.0 Å².